The number of amides is 1. The minimum Gasteiger partial charge on any atom is -0.463 e. The zero-order valence-corrected chi connectivity index (χ0v) is 21.2. The zero-order valence-electron chi connectivity index (χ0n) is 20.4. The van der Waals surface area contributed by atoms with Crippen LogP contribution >= 0.6 is 11.3 Å². The molecule has 1 saturated heterocycles. The number of carbonyl (C=O) groups excluding carboxylic acids is 1. The van der Waals surface area contributed by atoms with Gasteiger partial charge < -0.3 is 14.6 Å². The number of carbonyl (C=O) groups is 1. The van der Waals surface area contributed by atoms with Crippen molar-refractivity contribution in [2.45, 2.75) is 25.3 Å². The Labute approximate surface area is 223 Å². The average Bonchev–Trinajstić information content (AvgIpc) is 3.67. The Balaban J connectivity index is 1.23. The van der Waals surface area contributed by atoms with E-state index in [2.05, 4.69) is 20.5 Å². The van der Waals surface area contributed by atoms with Crippen molar-refractivity contribution in [3.63, 3.8) is 0 Å². The quantitative estimate of drug-likeness (QED) is 0.267. The number of benzene rings is 2. The lowest BCUT2D eigenvalue weighted by atomic mass is 10.0. The maximum absolute atomic E-state index is 14.3. The van der Waals surface area contributed by atoms with Crippen LogP contribution < -0.4 is 10.2 Å². The second-order valence-corrected chi connectivity index (χ2v) is 9.87. The van der Waals surface area contributed by atoms with Crippen LogP contribution in [0.3, 0.4) is 0 Å². The number of aromatic nitrogens is 3. The number of hydrogen-bond acceptors (Lipinski definition) is 7. The van der Waals surface area contributed by atoms with Crippen LogP contribution in [-0.4, -0.2) is 33.7 Å². The fourth-order valence-corrected chi connectivity index (χ4v) is 5.55. The van der Waals surface area contributed by atoms with Gasteiger partial charge in [-0.1, -0.05) is 30.3 Å². The van der Waals surface area contributed by atoms with Crippen molar-refractivity contribution in [3.8, 4) is 33.3 Å². The van der Waals surface area contributed by atoms with E-state index in [1.54, 1.807) is 30.5 Å². The van der Waals surface area contributed by atoms with Crippen LogP contribution in [0.5, 0.6) is 0 Å². The lowest BCUT2D eigenvalue weighted by Crippen LogP contribution is -2.47. The maximum Gasteiger partial charge on any atom is 0.247 e. The summed E-state index contributed by atoms with van der Waals surface area (Å²) < 4.78 is 19.7. The number of rotatable bonds is 6. The SMILES string of the molecule is O=C(Nc1ccccc1-c1csc(-c2ccccc2F)n1)C1CCCCN1c1ccc(-c2ccco2)nn1. The molecular weight excluding hydrogens is 501 g/mol. The van der Waals surface area contributed by atoms with Crippen molar-refractivity contribution in [1.29, 1.82) is 0 Å². The fourth-order valence-electron chi connectivity index (χ4n) is 4.70. The number of hydrogen-bond donors (Lipinski definition) is 1. The van der Waals surface area contributed by atoms with E-state index in [0.717, 1.165) is 18.4 Å². The fraction of sp³-hybridized carbons (Fsp3) is 0.172. The van der Waals surface area contributed by atoms with Crippen LogP contribution in [0, 0.1) is 5.82 Å². The van der Waals surface area contributed by atoms with Gasteiger partial charge in [0.05, 0.1) is 17.6 Å². The van der Waals surface area contributed by atoms with Crippen molar-refractivity contribution < 1.29 is 13.6 Å². The van der Waals surface area contributed by atoms with E-state index in [1.807, 2.05) is 52.7 Å². The van der Waals surface area contributed by atoms with E-state index < -0.39 is 0 Å². The van der Waals surface area contributed by atoms with Crippen molar-refractivity contribution in [2.24, 2.45) is 0 Å². The van der Waals surface area contributed by atoms with E-state index in [4.69, 9.17) is 4.42 Å². The summed E-state index contributed by atoms with van der Waals surface area (Å²) in [5.74, 6) is 0.877. The van der Waals surface area contributed by atoms with E-state index in [0.29, 0.717) is 52.2 Å². The molecule has 1 N–H and O–H groups in total. The third-order valence-electron chi connectivity index (χ3n) is 6.59. The predicted octanol–water partition coefficient (Wildman–Crippen LogP) is 6.66. The summed E-state index contributed by atoms with van der Waals surface area (Å²) in [6.07, 6.45) is 4.23. The molecule has 9 heteroatoms. The molecular formula is C29H24FN5O2S. The molecule has 5 aromatic rings. The molecule has 0 bridgehead atoms. The zero-order chi connectivity index (χ0) is 25.9. The van der Waals surface area contributed by atoms with E-state index >= 15 is 0 Å². The third-order valence-corrected chi connectivity index (χ3v) is 7.47. The number of anilines is 2. The standard InChI is InChI=1S/C29H24FN5O2S/c30-21-10-3-1-8-19(21)29-32-24(18-38-29)20-9-2-4-11-22(20)31-28(36)25-12-5-6-16-35(25)27-15-14-23(33-34-27)26-13-7-17-37-26/h1-4,7-11,13-15,17-18,25H,5-6,12,16H2,(H,31,36). The van der Waals surface area contributed by atoms with Gasteiger partial charge in [0.2, 0.25) is 5.91 Å². The molecule has 1 aliphatic rings. The topological polar surface area (TPSA) is 84.2 Å². The Morgan fingerprint density at radius 3 is 2.58 bits per heavy atom. The van der Waals surface area contributed by atoms with Gasteiger partial charge in [0, 0.05) is 23.1 Å². The van der Waals surface area contributed by atoms with Crippen molar-refractivity contribution >= 4 is 28.7 Å². The Morgan fingerprint density at radius 2 is 1.79 bits per heavy atom. The highest BCUT2D eigenvalue weighted by Gasteiger charge is 2.30. The molecule has 38 heavy (non-hydrogen) atoms. The van der Waals surface area contributed by atoms with Gasteiger partial charge in [-0.15, -0.1) is 21.5 Å². The molecule has 1 unspecified atom stereocenters. The van der Waals surface area contributed by atoms with E-state index in [9.17, 15) is 9.18 Å². The summed E-state index contributed by atoms with van der Waals surface area (Å²) in [7, 11) is 0. The van der Waals surface area contributed by atoms with Crippen LogP contribution in [0.25, 0.3) is 33.3 Å². The molecule has 190 valence electrons. The first-order valence-electron chi connectivity index (χ1n) is 12.4. The van der Waals surface area contributed by atoms with Crippen LogP contribution in [0.4, 0.5) is 15.9 Å². The van der Waals surface area contributed by atoms with E-state index in [-0.39, 0.29) is 17.8 Å². The minimum atomic E-state index is -0.384. The van der Waals surface area contributed by atoms with Crippen molar-refractivity contribution in [1.82, 2.24) is 15.2 Å². The molecule has 0 spiro atoms. The summed E-state index contributed by atoms with van der Waals surface area (Å²) >= 11 is 1.37. The molecule has 0 aliphatic carbocycles. The molecule has 1 fully saturated rings. The van der Waals surface area contributed by atoms with Crippen LogP contribution in [-0.2, 0) is 4.79 Å². The van der Waals surface area contributed by atoms with Gasteiger partial charge in [-0.05, 0) is 61.7 Å². The van der Waals surface area contributed by atoms with Gasteiger partial charge in [-0.25, -0.2) is 9.37 Å². The first kappa shape index (κ1) is 24.0. The van der Waals surface area contributed by atoms with E-state index in [1.165, 1.54) is 17.4 Å². The number of furan rings is 1. The molecule has 3 aromatic heterocycles. The monoisotopic (exact) mass is 525 g/mol. The third kappa shape index (κ3) is 4.80. The Bertz CT molecular complexity index is 1550. The Hall–Kier alpha value is -4.37. The summed E-state index contributed by atoms with van der Waals surface area (Å²) in [6.45, 7) is 0.715. The molecule has 1 atom stereocenters. The normalized spacial score (nSPS) is 15.4. The molecule has 0 saturated carbocycles. The van der Waals surface area contributed by atoms with Crippen LogP contribution in [0.2, 0.25) is 0 Å². The molecule has 1 aliphatic heterocycles. The predicted molar refractivity (Wildman–Crippen MR) is 146 cm³/mol. The highest BCUT2D eigenvalue weighted by Crippen LogP contribution is 2.34. The maximum atomic E-state index is 14.3. The lowest BCUT2D eigenvalue weighted by Gasteiger charge is -2.35. The molecule has 0 radical (unpaired) electrons. The van der Waals surface area contributed by atoms with Crippen LogP contribution in [0.15, 0.2) is 88.9 Å². The number of nitrogens with one attached hydrogen (secondary N) is 1. The number of thiazole rings is 1. The van der Waals surface area contributed by atoms with Gasteiger partial charge >= 0.3 is 0 Å². The minimum absolute atomic E-state index is 0.112. The number of piperidine rings is 1. The second kappa shape index (κ2) is 10.5. The van der Waals surface area contributed by atoms with Gasteiger partial charge in [-0.2, -0.15) is 0 Å². The molecule has 4 heterocycles. The summed E-state index contributed by atoms with van der Waals surface area (Å²) in [6, 6.07) is 21.1. The second-order valence-electron chi connectivity index (χ2n) is 9.01. The molecule has 2 aromatic carbocycles. The van der Waals surface area contributed by atoms with Gasteiger partial charge in [0.15, 0.2) is 11.6 Å². The van der Waals surface area contributed by atoms with Gasteiger partial charge in [0.1, 0.15) is 22.6 Å². The highest BCUT2D eigenvalue weighted by atomic mass is 32.1. The summed E-state index contributed by atoms with van der Waals surface area (Å²) in [5.41, 5.74) is 3.23. The summed E-state index contributed by atoms with van der Waals surface area (Å²) in [4.78, 5) is 20.3. The Morgan fingerprint density at radius 1 is 0.947 bits per heavy atom. The summed E-state index contributed by atoms with van der Waals surface area (Å²) in [5, 5.41) is 14.3. The number of nitrogens with zero attached hydrogens (tertiary/aromatic N) is 4. The average molecular weight is 526 g/mol. The highest BCUT2D eigenvalue weighted by molar-refractivity contribution is 7.13. The Kier molecular flexibility index (Phi) is 6.66. The van der Waals surface area contributed by atoms with Crippen LogP contribution in [0.1, 0.15) is 19.3 Å². The number of para-hydroxylation sites is 1. The first-order chi connectivity index (χ1) is 18.7. The molecule has 6 rings (SSSR count). The van der Waals surface area contributed by atoms with Gasteiger partial charge in [-0.3, -0.25) is 4.79 Å². The van der Waals surface area contributed by atoms with Crippen molar-refractivity contribution in [3.05, 3.63) is 90.3 Å². The largest absolute Gasteiger partial charge is 0.463 e. The lowest BCUT2D eigenvalue weighted by molar-refractivity contribution is -0.117. The molecule has 1 amide bonds. The van der Waals surface area contributed by atoms with Crippen molar-refractivity contribution in [2.75, 3.05) is 16.8 Å². The first-order valence-corrected chi connectivity index (χ1v) is 13.3. The molecule has 7 nitrogen and oxygen atoms in total. The smallest absolute Gasteiger partial charge is 0.247 e. The number of halogens is 1. The van der Waals surface area contributed by atoms with Gasteiger partial charge in [0.25, 0.3) is 0 Å².